The Balaban J connectivity index is 1.80. The highest BCUT2D eigenvalue weighted by molar-refractivity contribution is 7.89. The second-order valence-corrected chi connectivity index (χ2v) is 7.56. The highest BCUT2D eigenvalue weighted by Crippen LogP contribution is 2.28. The van der Waals surface area contributed by atoms with Gasteiger partial charge in [-0.05, 0) is 68.8 Å². The van der Waals surface area contributed by atoms with Gasteiger partial charge in [-0.15, -0.1) is 0 Å². The lowest BCUT2D eigenvalue weighted by molar-refractivity contribution is 0.577. The van der Waals surface area contributed by atoms with Crippen LogP contribution in [0.2, 0.25) is 0 Å². The number of sulfonamides is 1. The third-order valence-corrected chi connectivity index (χ3v) is 5.18. The van der Waals surface area contributed by atoms with Gasteiger partial charge in [-0.25, -0.2) is 13.1 Å². The summed E-state index contributed by atoms with van der Waals surface area (Å²) in [6.07, 6.45) is 5.50. The van der Waals surface area contributed by atoms with Crippen LogP contribution in [0.15, 0.2) is 29.2 Å². The monoisotopic (exact) mass is 310 g/mol. The third-order valence-electron chi connectivity index (χ3n) is 3.74. The maximum Gasteiger partial charge on any atom is 0.240 e. The van der Waals surface area contributed by atoms with Crippen molar-refractivity contribution in [2.45, 2.75) is 43.9 Å². The Kier molecular flexibility index (Phi) is 6.21. The van der Waals surface area contributed by atoms with Crippen molar-refractivity contribution < 1.29 is 8.42 Å². The summed E-state index contributed by atoms with van der Waals surface area (Å²) in [5, 5.41) is 3.37. The summed E-state index contributed by atoms with van der Waals surface area (Å²) in [6.45, 7) is 4.80. The van der Waals surface area contributed by atoms with Gasteiger partial charge in [0.1, 0.15) is 0 Å². The van der Waals surface area contributed by atoms with Crippen LogP contribution in [-0.2, 0) is 16.4 Å². The molecule has 1 aliphatic carbocycles. The fraction of sp³-hybridized carbons (Fsp3) is 0.625. The lowest BCUT2D eigenvalue weighted by Gasteiger charge is -2.07. The minimum absolute atomic E-state index is 0.371. The topological polar surface area (TPSA) is 58.2 Å². The maximum atomic E-state index is 12.1. The summed E-state index contributed by atoms with van der Waals surface area (Å²) in [5.74, 6) is 0.551. The van der Waals surface area contributed by atoms with E-state index in [0.717, 1.165) is 45.2 Å². The lowest BCUT2D eigenvalue weighted by Crippen LogP contribution is -2.25. The van der Waals surface area contributed by atoms with E-state index in [-0.39, 0.29) is 0 Å². The van der Waals surface area contributed by atoms with Gasteiger partial charge in [-0.2, -0.15) is 0 Å². The Labute approximate surface area is 128 Å². The van der Waals surface area contributed by atoms with Crippen molar-refractivity contribution in [2.24, 2.45) is 5.92 Å². The summed E-state index contributed by atoms with van der Waals surface area (Å²) in [7, 11) is -3.33. The van der Waals surface area contributed by atoms with Crippen molar-refractivity contribution in [2.75, 3.05) is 19.6 Å². The molecule has 0 aliphatic heterocycles. The molecule has 0 radical (unpaired) electrons. The smallest absolute Gasteiger partial charge is 0.240 e. The Morgan fingerprint density at radius 3 is 2.48 bits per heavy atom. The Bertz CT molecular complexity index is 522. The molecule has 0 heterocycles. The zero-order valence-corrected chi connectivity index (χ0v) is 13.6. The second kappa shape index (κ2) is 7.92. The first-order valence-electron chi connectivity index (χ1n) is 7.91. The molecule has 1 saturated carbocycles. The Hall–Kier alpha value is -0.910. The van der Waals surface area contributed by atoms with E-state index >= 15 is 0 Å². The van der Waals surface area contributed by atoms with Crippen LogP contribution in [0.3, 0.4) is 0 Å². The molecule has 2 rings (SSSR count). The van der Waals surface area contributed by atoms with Gasteiger partial charge in [0.25, 0.3) is 0 Å². The van der Waals surface area contributed by atoms with Gasteiger partial charge in [0.05, 0.1) is 4.90 Å². The summed E-state index contributed by atoms with van der Waals surface area (Å²) in [6, 6.07) is 7.27. The molecule has 1 aromatic carbocycles. The van der Waals surface area contributed by atoms with Crippen molar-refractivity contribution in [3.8, 4) is 0 Å². The van der Waals surface area contributed by atoms with Crippen molar-refractivity contribution in [3.63, 3.8) is 0 Å². The molecule has 0 saturated heterocycles. The average Bonchev–Trinajstić information content (AvgIpc) is 3.30. The molecule has 0 aromatic heterocycles. The Morgan fingerprint density at radius 1 is 1.14 bits per heavy atom. The fourth-order valence-electron chi connectivity index (χ4n) is 2.19. The highest BCUT2D eigenvalue weighted by Gasteiger charge is 2.24. The van der Waals surface area contributed by atoms with E-state index in [9.17, 15) is 8.42 Å². The second-order valence-electron chi connectivity index (χ2n) is 5.79. The molecule has 4 nitrogen and oxygen atoms in total. The van der Waals surface area contributed by atoms with E-state index in [1.165, 1.54) is 5.56 Å². The highest BCUT2D eigenvalue weighted by atomic mass is 32.2. The van der Waals surface area contributed by atoms with Crippen LogP contribution < -0.4 is 10.0 Å². The summed E-state index contributed by atoms with van der Waals surface area (Å²) in [4.78, 5) is 0.371. The molecule has 1 aliphatic rings. The quantitative estimate of drug-likeness (QED) is 0.652. The maximum absolute atomic E-state index is 12.1. The van der Waals surface area contributed by atoms with Crippen molar-refractivity contribution >= 4 is 10.0 Å². The van der Waals surface area contributed by atoms with Crippen LogP contribution in [0, 0.1) is 5.92 Å². The van der Waals surface area contributed by atoms with Gasteiger partial charge in [-0.1, -0.05) is 19.1 Å². The van der Waals surface area contributed by atoms with Crippen LogP contribution in [0.1, 0.15) is 38.2 Å². The first kappa shape index (κ1) is 16.5. The first-order chi connectivity index (χ1) is 10.1. The van der Waals surface area contributed by atoms with E-state index in [1.54, 1.807) is 12.1 Å². The van der Waals surface area contributed by atoms with E-state index in [0.29, 0.717) is 17.4 Å². The number of hydrogen-bond acceptors (Lipinski definition) is 3. The molecule has 0 bridgehead atoms. The predicted octanol–water partition coefficient (Wildman–Crippen LogP) is 2.31. The number of benzene rings is 1. The lowest BCUT2D eigenvalue weighted by atomic mass is 10.1. The van der Waals surface area contributed by atoms with Gasteiger partial charge in [0.15, 0.2) is 0 Å². The predicted molar refractivity (Wildman–Crippen MR) is 85.8 cm³/mol. The van der Waals surface area contributed by atoms with Crippen LogP contribution in [0.5, 0.6) is 0 Å². The summed E-state index contributed by atoms with van der Waals surface area (Å²) in [5.41, 5.74) is 1.19. The SMILES string of the molecule is CCCNCCCc1ccc(S(=O)(=O)NCC2CC2)cc1. The normalized spacial score (nSPS) is 15.3. The molecule has 118 valence electrons. The molecular weight excluding hydrogens is 284 g/mol. The van der Waals surface area contributed by atoms with Gasteiger partial charge in [0.2, 0.25) is 10.0 Å². The van der Waals surface area contributed by atoms with Crippen LogP contribution in [0.4, 0.5) is 0 Å². The largest absolute Gasteiger partial charge is 0.317 e. The number of rotatable bonds is 10. The number of aryl methyl sites for hydroxylation is 1. The minimum Gasteiger partial charge on any atom is -0.317 e. The first-order valence-corrected chi connectivity index (χ1v) is 9.39. The average molecular weight is 310 g/mol. The zero-order valence-electron chi connectivity index (χ0n) is 12.8. The molecule has 0 spiro atoms. The zero-order chi connectivity index (χ0) is 15.1. The molecule has 2 N–H and O–H groups in total. The van der Waals surface area contributed by atoms with Gasteiger partial charge in [0, 0.05) is 6.54 Å². The number of hydrogen-bond donors (Lipinski definition) is 2. The van der Waals surface area contributed by atoms with Gasteiger partial charge < -0.3 is 5.32 Å². The van der Waals surface area contributed by atoms with E-state index in [2.05, 4.69) is 17.0 Å². The van der Waals surface area contributed by atoms with Crippen molar-refractivity contribution in [1.82, 2.24) is 10.0 Å². The van der Waals surface area contributed by atoms with E-state index in [1.807, 2.05) is 12.1 Å². The molecule has 0 unspecified atom stereocenters. The van der Waals surface area contributed by atoms with Crippen LogP contribution >= 0.6 is 0 Å². The van der Waals surface area contributed by atoms with Crippen LogP contribution in [-0.4, -0.2) is 28.1 Å². The minimum atomic E-state index is -3.33. The van der Waals surface area contributed by atoms with Gasteiger partial charge >= 0.3 is 0 Å². The van der Waals surface area contributed by atoms with E-state index in [4.69, 9.17) is 0 Å². The molecular formula is C16H26N2O2S. The van der Waals surface area contributed by atoms with Crippen molar-refractivity contribution in [3.05, 3.63) is 29.8 Å². The molecule has 5 heteroatoms. The van der Waals surface area contributed by atoms with E-state index < -0.39 is 10.0 Å². The summed E-state index contributed by atoms with van der Waals surface area (Å²) >= 11 is 0. The van der Waals surface area contributed by atoms with Crippen molar-refractivity contribution in [1.29, 1.82) is 0 Å². The Morgan fingerprint density at radius 2 is 1.86 bits per heavy atom. The van der Waals surface area contributed by atoms with Crippen LogP contribution in [0.25, 0.3) is 0 Å². The molecule has 1 aromatic rings. The molecule has 0 atom stereocenters. The summed E-state index contributed by atoms with van der Waals surface area (Å²) < 4.78 is 26.9. The fourth-order valence-corrected chi connectivity index (χ4v) is 3.30. The van der Waals surface area contributed by atoms with Gasteiger partial charge in [-0.3, -0.25) is 0 Å². The molecule has 21 heavy (non-hydrogen) atoms. The third kappa shape index (κ3) is 5.77. The standard InChI is InChI=1S/C16H26N2O2S/c1-2-11-17-12-3-4-14-7-9-16(10-8-14)21(19,20)18-13-15-5-6-15/h7-10,15,17-18H,2-6,11-13H2,1H3. The number of nitrogens with one attached hydrogen (secondary N) is 2. The molecule has 1 fully saturated rings. The molecule has 0 amide bonds.